The van der Waals surface area contributed by atoms with Gasteiger partial charge in [0, 0.05) is 13.2 Å². The third-order valence-electron chi connectivity index (χ3n) is 3.89. The molecular formula is C20H25NO4. The van der Waals surface area contributed by atoms with E-state index in [2.05, 4.69) is 5.32 Å². The topological polar surface area (TPSA) is 56.8 Å². The lowest BCUT2D eigenvalue weighted by atomic mass is 10.1. The lowest BCUT2D eigenvalue weighted by Crippen LogP contribution is -2.26. The Hall–Kier alpha value is -2.53. The summed E-state index contributed by atoms with van der Waals surface area (Å²) in [5, 5.41) is 2.88. The van der Waals surface area contributed by atoms with Gasteiger partial charge in [-0.3, -0.25) is 4.79 Å². The molecule has 2 aromatic rings. The first-order valence-corrected chi connectivity index (χ1v) is 8.33. The highest BCUT2D eigenvalue weighted by atomic mass is 16.5. The predicted octanol–water partition coefficient (Wildman–Crippen LogP) is 3.60. The van der Waals surface area contributed by atoms with E-state index in [1.54, 1.807) is 25.3 Å². The smallest absolute Gasteiger partial charge is 0.255 e. The summed E-state index contributed by atoms with van der Waals surface area (Å²) in [6.45, 7) is 3.13. The van der Waals surface area contributed by atoms with Crippen molar-refractivity contribution in [1.82, 2.24) is 5.32 Å². The van der Waals surface area contributed by atoms with Gasteiger partial charge < -0.3 is 19.5 Å². The SMILES string of the molecule is COc1cccc(C(=O)NCCCOC(C)c2ccccc2)c1OC. The molecule has 0 aliphatic carbocycles. The van der Waals surface area contributed by atoms with Gasteiger partial charge in [0.05, 0.1) is 25.9 Å². The summed E-state index contributed by atoms with van der Waals surface area (Å²) in [6.07, 6.45) is 0.769. The van der Waals surface area contributed by atoms with Crippen LogP contribution < -0.4 is 14.8 Å². The number of ether oxygens (including phenoxy) is 3. The molecule has 0 fully saturated rings. The van der Waals surface area contributed by atoms with Crippen LogP contribution in [0.25, 0.3) is 0 Å². The maximum Gasteiger partial charge on any atom is 0.255 e. The van der Waals surface area contributed by atoms with Crippen LogP contribution in [0.15, 0.2) is 48.5 Å². The van der Waals surface area contributed by atoms with Crippen LogP contribution in [0.1, 0.15) is 35.4 Å². The van der Waals surface area contributed by atoms with Crippen LogP contribution in [0.5, 0.6) is 11.5 Å². The van der Waals surface area contributed by atoms with Gasteiger partial charge in [0.25, 0.3) is 5.91 Å². The molecule has 0 saturated heterocycles. The number of carbonyl (C=O) groups excluding carboxylic acids is 1. The van der Waals surface area contributed by atoms with Gasteiger partial charge in [-0.2, -0.15) is 0 Å². The molecule has 5 nitrogen and oxygen atoms in total. The minimum Gasteiger partial charge on any atom is -0.493 e. The highest BCUT2D eigenvalue weighted by Crippen LogP contribution is 2.30. The molecule has 0 aliphatic rings. The predicted molar refractivity (Wildman–Crippen MR) is 97.3 cm³/mol. The van der Waals surface area contributed by atoms with Gasteiger partial charge in [0.1, 0.15) is 0 Å². The molecule has 0 radical (unpaired) electrons. The Labute approximate surface area is 148 Å². The van der Waals surface area contributed by atoms with Crippen molar-refractivity contribution >= 4 is 5.91 Å². The molecule has 2 aromatic carbocycles. The summed E-state index contributed by atoms with van der Waals surface area (Å²) < 4.78 is 16.3. The van der Waals surface area contributed by atoms with E-state index in [-0.39, 0.29) is 12.0 Å². The number of para-hydroxylation sites is 1. The van der Waals surface area contributed by atoms with Crippen molar-refractivity contribution in [3.05, 3.63) is 59.7 Å². The van der Waals surface area contributed by atoms with Crippen molar-refractivity contribution in [2.75, 3.05) is 27.4 Å². The number of amides is 1. The molecule has 2 rings (SSSR count). The van der Waals surface area contributed by atoms with Crippen LogP contribution in [0.2, 0.25) is 0 Å². The zero-order valence-electron chi connectivity index (χ0n) is 15.0. The second kappa shape index (κ2) is 9.69. The molecule has 1 amide bonds. The fourth-order valence-corrected chi connectivity index (χ4v) is 2.52. The van der Waals surface area contributed by atoms with Gasteiger partial charge in [0.15, 0.2) is 11.5 Å². The lowest BCUT2D eigenvalue weighted by molar-refractivity contribution is 0.0634. The van der Waals surface area contributed by atoms with Gasteiger partial charge >= 0.3 is 0 Å². The summed E-state index contributed by atoms with van der Waals surface area (Å²) >= 11 is 0. The fraction of sp³-hybridized carbons (Fsp3) is 0.350. The zero-order valence-corrected chi connectivity index (χ0v) is 15.0. The van der Waals surface area contributed by atoms with Crippen molar-refractivity contribution in [2.45, 2.75) is 19.4 Å². The van der Waals surface area contributed by atoms with Gasteiger partial charge in [-0.15, -0.1) is 0 Å². The van der Waals surface area contributed by atoms with Crippen LogP contribution in [0.3, 0.4) is 0 Å². The quantitative estimate of drug-likeness (QED) is 0.707. The number of hydrogen-bond acceptors (Lipinski definition) is 4. The number of hydrogen-bond donors (Lipinski definition) is 1. The Kier molecular flexibility index (Phi) is 7.29. The summed E-state index contributed by atoms with van der Waals surface area (Å²) in [5.74, 6) is 0.790. The Balaban J connectivity index is 1.78. The molecule has 25 heavy (non-hydrogen) atoms. The lowest BCUT2D eigenvalue weighted by Gasteiger charge is -2.14. The van der Waals surface area contributed by atoms with Crippen LogP contribution in [0.4, 0.5) is 0 Å². The first-order chi connectivity index (χ1) is 12.2. The summed E-state index contributed by atoms with van der Waals surface area (Å²) in [6, 6.07) is 15.3. The molecule has 0 saturated carbocycles. The third kappa shape index (κ3) is 5.22. The van der Waals surface area contributed by atoms with E-state index in [1.165, 1.54) is 7.11 Å². The van der Waals surface area contributed by atoms with E-state index in [0.717, 1.165) is 12.0 Å². The second-order valence-corrected chi connectivity index (χ2v) is 5.57. The summed E-state index contributed by atoms with van der Waals surface area (Å²) in [7, 11) is 3.07. The Bertz CT molecular complexity index is 673. The van der Waals surface area contributed by atoms with Crippen LogP contribution in [0, 0.1) is 0 Å². The molecule has 5 heteroatoms. The molecule has 1 atom stereocenters. The Morgan fingerprint density at radius 3 is 2.48 bits per heavy atom. The number of nitrogens with one attached hydrogen (secondary N) is 1. The highest BCUT2D eigenvalue weighted by molar-refractivity contribution is 5.97. The molecule has 134 valence electrons. The van der Waals surface area contributed by atoms with Crippen molar-refractivity contribution in [3.63, 3.8) is 0 Å². The molecule has 0 aliphatic heterocycles. The molecule has 1 N–H and O–H groups in total. The molecule has 0 aromatic heterocycles. The molecule has 0 spiro atoms. The summed E-state index contributed by atoms with van der Waals surface area (Å²) in [4.78, 5) is 12.3. The van der Waals surface area contributed by atoms with Crippen LogP contribution in [-0.2, 0) is 4.74 Å². The summed E-state index contributed by atoms with van der Waals surface area (Å²) in [5.41, 5.74) is 1.60. The largest absolute Gasteiger partial charge is 0.493 e. The number of carbonyl (C=O) groups is 1. The zero-order chi connectivity index (χ0) is 18.1. The third-order valence-corrected chi connectivity index (χ3v) is 3.89. The first kappa shape index (κ1) is 18.8. The monoisotopic (exact) mass is 343 g/mol. The minimum absolute atomic E-state index is 0.0374. The normalized spacial score (nSPS) is 11.6. The van der Waals surface area contributed by atoms with E-state index in [0.29, 0.717) is 30.2 Å². The fourth-order valence-electron chi connectivity index (χ4n) is 2.52. The average Bonchev–Trinajstić information content (AvgIpc) is 2.67. The van der Waals surface area contributed by atoms with Gasteiger partial charge in [0.2, 0.25) is 0 Å². The van der Waals surface area contributed by atoms with Crippen molar-refractivity contribution in [1.29, 1.82) is 0 Å². The van der Waals surface area contributed by atoms with Crippen LogP contribution in [-0.4, -0.2) is 33.3 Å². The van der Waals surface area contributed by atoms with E-state index in [9.17, 15) is 4.79 Å². The van der Waals surface area contributed by atoms with Gasteiger partial charge in [-0.05, 0) is 31.0 Å². The van der Waals surface area contributed by atoms with E-state index >= 15 is 0 Å². The second-order valence-electron chi connectivity index (χ2n) is 5.57. The average molecular weight is 343 g/mol. The Morgan fingerprint density at radius 2 is 1.80 bits per heavy atom. The highest BCUT2D eigenvalue weighted by Gasteiger charge is 2.15. The van der Waals surface area contributed by atoms with Crippen molar-refractivity contribution in [3.8, 4) is 11.5 Å². The molecular weight excluding hydrogens is 318 g/mol. The Morgan fingerprint density at radius 1 is 1.04 bits per heavy atom. The van der Waals surface area contributed by atoms with Crippen molar-refractivity contribution in [2.24, 2.45) is 0 Å². The minimum atomic E-state index is -0.188. The van der Waals surface area contributed by atoms with Gasteiger partial charge in [-0.1, -0.05) is 36.4 Å². The van der Waals surface area contributed by atoms with Gasteiger partial charge in [-0.25, -0.2) is 0 Å². The first-order valence-electron chi connectivity index (χ1n) is 8.33. The molecule has 0 heterocycles. The standard InChI is InChI=1S/C20H25NO4/c1-15(16-9-5-4-6-10-16)25-14-8-13-21-20(22)17-11-7-12-18(23-2)19(17)24-3/h4-7,9-12,15H,8,13-14H2,1-3H3,(H,21,22). The van der Waals surface area contributed by atoms with Crippen molar-refractivity contribution < 1.29 is 19.0 Å². The maximum absolute atomic E-state index is 12.3. The number of methoxy groups -OCH3 is 2. The number of benzene rings is 2. The number of rotatable bonds is 9. The maximum atomic E-state index is 12.3. The van der Waals surface area contributed by atoms with E-state index in [1.807, 2.05) is 37.3 Å². The van der Waals surface area contributed by atoms with E-state index in [4.69, 9.17) is 14.2 Å². The van der Waals surface area contributed by atoms with Crippen LogP contribution >= 0.6 is 0 Å². The molecule has 0 bridgehead atoms. The molecule has 1 unspecified atom stereocenters. The van der Waals surface area contributed by atoms with E-state index < -0.39 is 0 Å².